The highest BCUT2D eigenvalue weighted by molar-refractivity contribution is 9.10. The molecule has 3 rings (SSSR count). The van der Waals surface area contributed by atoms with E-state index in [1.54, 1.807) is 26.2 Å². The Morgan fingerprint density at radius 1 is 1.32 bits per heavy atom. The van der Waals surface area contributed by atoms with Crippen LogP contribution in [0.3, 0.4) is 0 Å². The van der Waals surface area contributed by atoms with Crippen LogP contribution in [0.25, 0.3) is 0 Å². The first-order chi connectivity index (χ1) is 14.7. The Hall–Kier alpha value is -3.78. The molecule has 3 aromatic rings. The summed E-state index contributed by atoms with van der Waals surface area (Å²) >= 11 is 3.33. The third-order valence-electron chi connectivity index (χ3n) is 4.10. The maximum absolute atomic E-state index is 14.3. The average molecular weight is 485 g/mol. The number of nitrogens with zero attached hydrogens (tertiary/aromatic N) is 5. The minimum atomic E-state index is -0.809. The summed E-state index contributed by atoms with van der Waals surface area (Å²) in [5, 5.41) is 21.9. The van der Waals surface area contributed by atoms with Crippen LogP contribution in [-0.4, -0.2) is 25.7 Å². The number of anilines is 5. The van der Waals surface area contributed by atoms with Crippen LogP contribution in [0, 0.1) is 17.1 Å². The molecule has 158 valence electrons. The third-order valence-corrected chi connectivity index (χ3v) is 4.68. The van der Waals surface area contributed by atoms with Crippen LogP contribution in [0.1, 0.15) is 13.8 Å². The van der Waals surface area contributed by atoms with Gasteiger partial charge in [0.1, 0.15) is 17.2 Å². The fourth-order valence-corrected chi connectivity index (χ4v) is 2.70. The minimum Gasteiger partial charge on any atom is -0.337 e. The lowest BCUT2D eigenvalue weighted by Crippen LogP contribution is -2.24. The van der Waals surface area contributed by atoms with Crippen molar-refractivity contribution < 1.29 is 9.18 Å². The molecular formula is C20H18BrFN8O. The predicted molar refractivity (Wildman–Crippen MR) is 119 cm³/mol. The molecule has 0 saturated carbocycles. The van der Waals surface area contributed by atoms with Gasteiger partial charge in [0, 0.05) is 11.9 Å². The van der Waals surface area contributed by atoms with Gasteiger partial charge in [-0.3, -0.25) is 9.48 Å². The summed E-state index contributed by atoms with van der Waals surface area (Å²) in [6.45, 7) is 6.86. The van der Waals surface area contributed by atoms with E-state index in [9.17, 15) is 14.4 Å². The Balaban J connectivity index is 1.82. The number of carbonyl (C=O) groups excluding carboxylic acids is 1. The Labute approximate surface area is 186 Å². The maximum atomic E-state index is 14.3. The molecule has 0 aliphatic rings. The first kappa shape index (κ1) is 21.9. The second-order valence-electron chi connectivity index (χ2n) is 6.87. The van der Waals surface area contributed by atoms with E-state index in [0.29, 0.717) is 21.7 Å². The monoisotopic (exact) mass is 484 g/mol. The van der Waals surface area contributed by atoms with Crippen LogP contribution in [0.2, 0.25) is 0 Å². The molecule has 11 heteroatoms. The fraction of sp³-hybridized carbons (Fsp3) is 0.150. The molecular weight excluding hydrogens is 467 g/mol. The number of halogens is 2. The molecule has 0 spiro atoms. The Morgan fingerprint density at radius 3 is 2.81 bits per heavy atom. The van der Waals surface area contributed by atoms with Gasteiger partial charge in [-0.15, -0.1) is 0 Å². The number of amides is 1. The molecule has 0 atom stereocenters. The first-order valence-corrected chi connectivity index (χ1v) is 9.77. The van der Waals surface area contributed by atoms with Gasteiger partial charge in [0.15, 0.2) is 0 Å². The Kier molecular flexibility index (Phi) is 6.31. The lowest BCUT2D eigenvalue weighted by molar-refractivity contribution is -0.111. The number of hydrogen-bond acceptors (Lipinski definition) is 7. The summed E-state index contributed by atoms with van der Waals surface area (Å²) in [5.74, 6) is -0.408. The van der Waals surface area contributed by atoms with Crippen LogP contribution in [0.15, 0.2) is 53.9 Å². The van der Waals surface area contributed by atoms with Gasteiger partial charge in [-0.1, -0.05) is 6.58 Å². The van der Waals surface area contributed by atoms with Crippen molar-refractivity contribution >= 4 is 50.7 Å². The maximum Gasteiger partial charge on any atom is 0.247 e. The summed E-state index contributed by atoms with van der Waals surface area (Å²) in [5.41, 5.74) is 0.272. The number of carbonyl (C=O) groups is 1. The molecule has 0 aliphatic heterocycles. The van der Waals surface area contributed by atoms with Gasteiger partial charge in [0.2, 0.25) is 11.9 Å². The third kappa shape index (κ3) is 5.23. The summed E-state index contributed by atoms with van der Waals surface area (Å²) in [6, 6.07) is 6.26. The van der Waals surface area contributed by atoms with Crippen LogP contribution >= 0.6 is 15.9 Å². The van der Waals surface area contributed by atoms with E-state index < -0.39 is 17.3 Å². The van der Waals surface area contributed by atoms with E-state index in [1.807, 2.05) is 0 Å². The van der Waals surface area contributed by atoms with Crippen molar-refractivity contribution in [3.8, 4) is 6.07 Å². The largest absolute Gasteiger partial charge is 0.337 e. The minimum absolute atomic E-state index is 0.107. The van der Waals surface area contributed by atoms with E-state index in [-0.39, 0.29) is 11.6 Å². The topological polar surface area (TPSA) is 121 Å². The molecule has 2 heterocycles. The molecule has 0 saturated heterocycles. The number of rotatable bonds is 7. The highest BCUT2D eigenvalue weighted by atomic mass is 79.9. The van der Waals surface area contributed by atoms with E-state index in [1.165, 1.54) is 29.1 Å². The van der Waals surface area contributed by atoms with E-state index in [2.05, 4.69) is 59.6 Å². The highest BCUT2D eigenvalue weighted by Gasteiger charge is 2.20. The standard InChI is InChI=1S/C20H18BrFN8O/c1-4-17(31)26-12-5-6-15(22)16(7-12)28-18-14(21)9-24-19(29-18)27-13-8-25-30(10-13)20(2,3)11-23/h4-10H,1H2,2-3H3,(H,26,31)(H2,24,27,28,29). The van der Waals surface area contributed by atoms with Gasteiger partial charge >= 0.3 is 0 Å². The average Bonchev–Trinajstić information content (AvgIpc) is 3.22. The summed E-state index contributed by atoms with van der Waals surface area (Å²) < 4.78 is 16.3. The zero-order chi connectivity index (χ0) is 22.6. The van der Waals surface area contributed by atoms with Crippen molar-refractivity contribution in [1.82, 2.24) is 19.7 Å². The van der Waals surface area contributed by atoms with Gasteiger partial charge in [0.05, 0.1) is 34.3 Å². The van der Waals surface area contributed by atoms with Crippen LogP contribution < -0.4 is 16.0 Å². The summed E-state index contributed by atoms with van der Waals surface area (Å²) in [7, 11) is 0. The lowest BCUT2D eigenvalue weighted by atomic mass is 10.1. The summed E-state index contributed by atoms with van der Waals surface area (Å²) in [6.07, 6.45) is 5.83. The van der Waals surface area contributed by atoms with E-state index in [4.69, 9.17) is 0 Å². The van der Waals surface area contributed by atoms with Crippen LogP contribution in [0.4, 0.5) is 33.2 Å². The van der Waals surface area contributed by atoms with Crippen molar-refractivity contribution in [2.24, 2.45) is 0 Å². The first-order valence-electron chi connectivity index (χ1n) is 8.98. The molecule has 2 aromatic heterocycles. The van der Waals surface area contributed by atoms with Crippen molar-refractivity contribution in [2.75, 3.05) is 16.0 Å². The van der Waals surface area contributed by atoms with Gasteiger partial charge in [0.25, 0.3) is 0 Å². The van der Waals surface area contributed by atoms with Crippen LogP contribution in [-0.2, 0) is 10.3 Å². The molecule has 31 heavy (non-hydrogen) atoms. The SMILES string of the molecule is C=CC(=O)Nc1ccc(F)c(Nc2nc(Nc3cnn(C(C)(C)C#N)c3)ncc2Br)c1. The second kappa shape index (κ2) is 8.93. The zero-order valence-corrected chi connectivity index (χ0v) is 18.2. The predicted octanol–water partition coefficient (Wildman–Crippen LogP) is 4.45. The molecule has 1 aromatic carbocycles. The number of benzene rings is 1. The normalized spacial score (nSPS) is 10.8. The quantitative estimate of drug-likeness (QED) is 0.423. The molecule has 0 unspecified atom stereocenters. The van der Waals surface area contributed by atoms with Crippen molar-refractivity contribution in [3.63, 3.8) is 0 Å². The van der Waals surface area contributed by atoms with E-state index in [0.717, 1.165) is 6.08 Å². The Morgan fingerprint density at radius 2 is 2.10 bits per heavy atom. The zero-order valence-electron chi connectivity index (χ0n) is 16.6. The van der Waals surface area contributed by atoms with Gasteiger partial charge in [-0.2, -0.15) is 15.3 Å². The summed E-state index contributed by atoms with van der Waals surface area (Å²) in [4.78, 5) is 20.0. The molecule has 0 bridgehead atoms. The highest BCUT2D eigenvalue weighted by Crippen LogP contribution is 2.28. The molecule has 0 radical (unpaired) electrons. The van der Waals surface area contributed by atoms with Crippen molar-refractivity contribution in [2.45, 2.75) is 19.4 Å². The molecule has 0 fully saturated rings. The number of aromatic nitrogens is 4. The molecule has 3 N–H and O–H groups in total. The van der Waals surface area contributed by atoms with Gasteiger partial charge in [-0.05, 0) is 54.1 Å². The van der Waals surface area contributed by atoms with Gasteiger partial charge < -0.3 is 16.0 Å². The number of nitrogens with one attached hydrogen (secondary N) is 3. The van der Waals surface area contributed by atoms with Crippen molar-refractivity contribution in [1.29, 1.82) is 5.26 Å². The smallest absolute Gasteiger partial charge is 0.247 e. The van der Waals surface area contributed by atoms with Crippen molar-refractivity contribution in [3.05, 3.63) is 59.7 Å². The fourth-order valence-electron chi connectivity index (χ4n) is 2.41. The number of hydrogen-bond donors (Lipinski definition) is 3. The molecule has 9 nitrogen and oxygen atoms in total. The van der Waals surface area contributed by atoms with Gasteiger partial charge in [-0.25, -0.2) is 9.37 Å². The molecule has 0 aliphatic carbocycles. The van der Waals surface area contributed by atoms with E-state index >= 15 is 0 Å². The van der Waals surface area contributed by atoms with Crippen LogP contribution in [0.5, 0.6) is 0 Å². The number of nitriles is 1. The molecule has 1 amide bonds. The lowest BCUT2D eigenvalue weighted by Gasteiger charge is -2.15. The second-order valence-corrected chi connectivity index (χ2v) is 7.73. The Bertz CT molecular complexity index is 1180.